The zero-order valence-corrected chi connectivity index (χ0v) is 11.6. The van der Waals surface area contributed by atoms with Crippen LogP contribution in [0.3, 0.4) is 0 Å². The summed E-state index contributed by atoms with van der Waals surface area (Å²) in [6.45, 7) is 4.63. The van der Waals surface area contributed by atoms with Gasteiger partial charge in [0.05, 0.1) is 5.56 Å². The van der Waals surface area contributed by atoms with Gasteiger partial charge in [0.25, 0.3) is 0 Å². The Labute approximate surface area is 112 Å². The summed E-state index contributed by atoms with van der Waals surface area (Å²) in [5, 5.41) is 7.53. The molecule has 0 amide bonds. The van der Waals surface area contributed by atoms with Gasteiger partial charge in [0, 0.05) is 11.0 Å². The molecule has 0 aliphatic carbocycles. The van der Waals surface area contributed by atoms with Crippen LogP contribution in [0.1, 0.15) is 13.8 Å². The minimum absolute atomic E-state index is 0.142. The van der Waals surface area contributed by atoms with E-state index in [0.717, 1.165) is 0 Å². The van der Waals surface area contributed by atoms with Gasteiger partial charge in [-0.15, -0.1) is 10.2 Å². The molecule has 0 saturated carbocycles. The quantitative estimate of drug-likeness (QED) is 0.865. The van der Waals surface area contributed by atoms with Crippen LogP contribution in [-0.4, -0.2) is 14.8 Å². The fourth-order valence-corrected chi connectivity index (χ4v) is 2.13. The second-order valence-corrected chi connectivity index (χ2v) is 5.36. The fourth-order valence-electron chi connectivity index (χ4n) is 1.73. The van der Waals surface area contributed by atoms with Crippen molar-refractivity contribution in [2.24, 2.45) is 5.92 Å². The smallest absolute Gasteiger partial charge is 0.169 e. The SMILES string of the molecule is CC(C)Cn1cnnc1-c1c(F)cc(Br)cc1F. The minimum Gasteiger partial charge on any atom is -0.313 e. The van der Waals surface area contributed by atoms with Crippen LogP contribution in [-0.2, 0) is 6.54 Å². The second kappa shape index (κ2) is 5.14. The lowest BCUT2D eigenvalue weighted by Crippen LogP contribution is -2.07. The van der Waals surface area contributed by atoms with E-state index in [4.69, 9.17) is 0 Å². The van der Waals surface area contributed by atoms with E-state index < -0.39 is 11.6 Å². The van der Waals surface area contributed by atoms with Gasteiger partial charge in [-0.1, -0.05) is 29.8 Å². The molecule has 0 bridgehead atoms. The lowest BCUT2D eigenvalue weighted by atomic mass is 10.1. The predicted octanol–water partition coefficient (Wildman–Crippen LogP) is 3.64. The van der Waals surface area contributed by atoms with Gasteiger partial charge in [0.1, 0.15) is 18.0 Å². The Morgan fingerprint density at radius 2 is 1.89 bits per heavy atom. The third-order valence-corrected chi connectivity index (χ3v) is 2.87. The number of rotatable bonds is 3. The molecular formula is C12H12BrF2N3. The minimum atomic E-state index is -0.653. The number of hydrogen-bond donors (Lipinski definition) is 0. The molecule has 6 heteroatoms. The second-order valence-electron chi connectivity index (χ2n) is 4.45. The average molecular weight is 316 g/mol. The number of nitrogens with zero attached hydrogens (tertiary/aromatic N) is 3. The van der Waals surface area contributed by atoms with Crippen LogP contribution in [0.4, 0.5) is 8.78 Å². The van der Waals surface area contributed by atoms with Crippen molar-refractivity contribution in [3.8, 4) is 11.4 Å². The average Bonchev–Trinajstić information content (AvgIpc) is 2.63. The number of benzene rings is 1. The third kappa shape index (κ3) is 2.58. The first-order valence-corrected chi connectivity index (χ1v) is 6.31. The number of hydrogen-bond acceptors (Lipinski definition) is 2. The van der Waals surface area contributed by atoms with Crippen LogP contribution in [0.15, 0.2) is 22.9 Å². The summed E-state index contributed by atoms with van der Waals surface area (Å²) in [6.07, 6.45) is 1.48. The number of aromatic nitrogens is 3. The molecule has 2 aromatic rings. The van der Waals surface area contributed by atoms with Crippen LogP contribution < -0.4 is 0 Å². The van der Waals surface area contributed by atoms with Gasteiger partial charge < -0.3 is 4.57 Å². The molecule has 96 valence electrons. The Morgan fingerprint density at radius 3 is 2.44 bits per heavy atom. The van der Waals surface area contributed by atoms with E-state index in [1.807, 2.05) is 13.8 Å². The molecule has 0 fully saturated rings. The van der Waals surface area contributed by atoms with Crippen molar-refractivity contribution < 1.29 is 8.78 Å². The van der Waals surface area contributed by atoms with Gasteiger partial charge in [-0.05, 0) is 18.1 Å². The molecular weight excluding hydrogens is 304 g/mol. The topological polar surface area (TPSA) is 30.7 Å². The normalized spacial score (nSPS) is 11.2. The molecule has 3 nitrogen and oxygen atoms in total. The van der Waals surface area contributed by atoms with E-state index in [0.29, 0.717) is 16.9 Å². The summed E-state index contributed by atoms with van der Waals surface area (Å²) < 4.78 is 29.7. The Bertz CT molecular complexity index is 543. The van der Waals surface area contributed by atoms with Crippen molar-refractivity contribution in [3.05, 3.63) is 34.6 Å². The summed E-state index contributed by atoms with van der Waals surface area (Å²) >= 11 is 3.05. The molecule has 0 atom stereocenters. The molecule has 0 radical (unpaired) electrons. The van der Waals surface area contributed by atoms with Crippen LogP contribution in [0.5, 0.6) is 0 Å². The van der Waals surface area contributed by atoms with Crippen molar-refractivity contribution in [2.45, 2.75) is 20.4 Å². The van der Waals surface area contributed by atoms with E-state index in [-0.39, 0.29) is 11.4 Å². The monoisotopic (exact) mass is 315 g/mol. The molecule has 1 heterocycles. The van der Waals surface area contributed by atoms with Crippen LogP contribution in [0.25, 0.3) is 11.4 Å². The predicted molar refractivity (Wildman–Crippen MR) is 67.9 cm³/mol. The summed E-state index contributed by atoms with van der Waals surface area (Å²) in [7, 11) is 0. The lowest BCUT2D eigenvalue weighted by molar-refractivity contribution is 0.520. The Balaban J connectivity index is 2.52. The molecule has 1 aromatic heterocycles. The van der Waals surface area contributed by atoms with Crippen molar-refractivity contribution in [1.29, 1.82) is 0 Å². The summed E-state index contributed by atoms with van der Waals surface area (Å²) in [4.78, 5) is 0. The van der Waals surface area contributed by atoms with Gasteiger partial charge >= 0.3 is 0 Å². The molecule has 1 aromatic carbocycles. The zero-order valence-electron chi connectivity index (χ0n) is 9.99. The van der Waals surface area contributed by atoms with Crippen molar-refractivity contribution >= 4 is 15.9 Å². The van der Waals surface area contributed by atoms with Gasteiger partial charge in [-0.25, -0.2) is 8.78 Å². The highest BCUT2D eigenvalue weighted by Gasteiger charge is 2.18. The maximum atomic E-state index is 13.8. The first-order chi connectivity index (χ1) is 8.49. The van der Waals surface area contributed by atoms with E-state index in [9.17, 15) is 8.78 Å². The first kappa shape index (κ1) is 13.1. The maximum absolute atomic E-state index is 13.8. The highest BCUT2D eigenvalue weighted by atomic mass is 79.9. The summed E-state index contributed by atoms with van der Waals surface area (Å²) in [5.74, 6) is -0.757. The molecule has 0 spiro atoms. The van der Waals surface area contributed by atoms with Crippen molar-refractivity contribution in [2.75, 3.05) is 0 Å². The Morgan fingerprint density at radius 1 is 1.28 bits per heavy atom. The highest BCUT2D eigenvalue weighted by Crippen LogP contribution is 2.27. The molecule has 18 heavy (non-hydrogen) atoms. The molecule has 0 aliphatic heterocycles. The van der Waals surface area contributed by atoms with Gasteiger partial charge in [-0.3, -0.25) is 0 Å². The molecule has 0 N–H and O–H groups in total. The van der Waals surface area contributed by atoms with Gasteiger partial charge in [0.15, 0.2) is 5.82 Å². The van der Waals surface area contributed by atoms with Crippen LogP contribution >= 0.6 is 15.9 Å². The van der Waals surface area contributed by atoms with E-state index in [1.165, 1.54) is 18.5 Å². The zero-order chi connectivity index (χ0) is 13.3. The van der Waals surface area contributed by atoms with E-state index in [2.05, 4.69) is 26.1 Å². The third-order valence-electron chi connectivity index (χ3n) is 2.41. The summed E-state index contributed by atoms with van der Waals surface area (Å²) in [5.41, 5.74) is -0.142. The highest BCUT2D eigenvalue weighted by molar-refractivity contribution is 9.10. The molecule has 2 rings (SSSR count). The number of halogens is 3. The van der Waals surface area contributed by atoms with Crippen molar-refractivity contribution in [1.82, 2.24) is 14.8 Å². The molecule has 0 aliphatic rings. The molecule has 0 unspecified atom stereocenters. The van der Waals surface area contributed by atoms with Gasteiger partial charge in [-0.2, -0.15) is 0 Å². The Hall–Kier alpha value is -1.30. The van der Waals surface area contributed by atoms with E-state index in [1.54, 1.807) is 4.57 Å². The fraction of sp³-hybridized carbons (Fsp3) is 0.333. The van der Waals surface area contributed by atoms with Crippen LogP contribution in [0.2, 0.25) is 0 Å². The largest absolute Gasteiger partial charge is 0.313 e. The first-order valence-electron chi connectivity index (χ1n) is 5.51. The van der Waals surface area contributed by atoms with E-state index >= 15 is 0 Å². The van der Waals surface area contributed by atoms with Crippen molar-refractivity contribution in [3.63, 3.8) is 0 Å². The lowest BCUT2D eigenvalue weighted by Gasteiger charge is -2.10. The van der Waals surface area contributed by atoms with Gasteiger partial charge in [0.2, 0.25) is 0 Å². The Kier molecular flexibility index (Phi) is 3.75. The van der Waals surface area contributed by atoms with Crippen LogP contribution in [0, 0.1) is 17.6 Å². The summed E-state index contributed by atoms with van der Waals surface area (Å²) in [6, 6.07) is 2.43. The standard InChI is InChI=1S/C12H12BrF2N3/c1-7(2)5-18-6-16-17-12(18)11-9(14)3-8(13)4-10(11)15/h3-4,6-7H,5H2,1-2H3. The molecule has 0 saturated heterocycles. The maximum Gasteiger partial charge on any atom is 0.169 e.